The highest BCUT2D eigenvalue weighted by Crippen LogP contribution is 2.47. The third-order valence-corrected chi connectivity index (χ3v) is 5.66. The average molecular weight is 382 g/mol. The lowest BCUT2D eigenvalue weighted by atomic mass is 9.86. The Kier molecular flexibility index (Phi) is 6.41. The van der Waals surface area contributed by atoms with Gasteiger partial charge in [-0.05, 0) is 50.5 Å². The van der Waals surface area contributed by atoms with Crippen LogP contribution < -0.4 is 0 Å². The number of fused-ring (bicyclic) bond motifs is 1. The van der Waals surface area contributed by atoms with E-state index in [-0.39, 0.29) is 4.75 Å². The summed E-state index contributed by atoms with van der Waals surface area (Å²) >= 11 is 5.17. The first-order valence-electron chi connectivity index (χ1n) is 7.32. The van der Waals surface area contributed by atoms with E-state index in [1.807, 2.05) is 31.3 Å². The number of carbonyl (C=O) groups excluding carboxylic acids is 1. The van der Waals surface area contributed by atoms with Crippen LogP contribution in [0.15, 0.2) is 39.8 Å². The van der Waals surface area contributed by atoms with E-state index in [0.29, 0.717) is 0 Å². The third kappa shape index (κ3) is 4.09. The van der Waals surface area contributed by atoms with Crippen LogP contribution in [-0.2, 0) is 9.53 Å². The standard InChI is InChI=1S/C14H12BrNOS.C3H8O/c15-10-2-3-12-11(8-10)13(4-7-16-12)18-14(9-17)5-1-6-14;1-3-4-2/h2-4,7-9H,1,5-6H2;3H2,1-2H3. The Labute approximate surface area is 144 Å². The quantitative estimate of drug-likeness (QED) is 0.708. The number of hydrogen-bond acceptors (Lipinski definition) is 4. The maximum absolute atomic E-state index is 11.3. The van der Waals surface area contributed by atoms with E-state index in [9.17, 15) is 4.79 Å². The van der Waals surface area contributed by atoms with Gasteiger partial charge in [0.05, 0.1) is 10.3 Å². The Balaban J connectivity index is 0.000000396. The summed E-state index contributed by atoms with van der Waals surface area (Å²) in [6.45, 7) is 2.78. The predicted octanol–water partition coefficient (Wildman–Crippen LogP) is 4.86. The van der Waals surface area contributed by atoms with Crippen LogP contribution in [0.5, 0.6) is 0 Å². The van der Waals surface area contributed by atoms with Crippen LogP contribution in [-0.4, -0.2) is 29.7 Å². The maximum atomic E-state index is 11.3. The van der Waals surface area contributed by atoms with Gasteiger partial charge in [0, 0.05) is 34.7 Å². The minimum atomic E-state index is -0.198. The Hall–Kier alpha value is -0.910. The van der Waals surface area contributed by atoms with Crippen molar-refractivity contribution in [3.63, 3.8) is 0 Å². The SMILES string of the molecule is CCOC.O=CC1(Sc2ccnc3ccc(Br)cc23)CCC1. The molecule has 1 fully saturated rings. The van der Waals surface area contributed by atoms with Gasteiger partial charge in [0.15, 0.2) is 0 Å². The lowest BCUT2D eigenvalue weighted by Gasteiger charge is -2.36. The molecule has 1 saturated carbocycles. The topological polar surface area (TPSA) is 39.2 Å². The number of pyridine rings is 1. The van der Waals surface area contributed by atoms with Gasteiger partial charge in [-0.3, -0.25) is 4.98 Å². The number of carbonyl (C=O) groups is 1. The molecule has 1 aromatic carbocycles. The zero-order chi connectivity index (χ0) is 16.0. The fourth-order valence-electron chi connectivity index (χ4n) is 2.17. The van der Waals surface area contributed by atoms with Crippen molar-refractivity contribution in [1.29, 1.82) is 0 Å². The molecule has 0 spiro atoms. The van der Waals surface area contributed by atoms with E-state index in [4.69, 9.17) is 0 Å². The number of methoxy groups -OCH3 is 1. The van der Waals surface area contributed by atoms with Gasteiger partial charge in [0.25, 0.3) is 0 Å². The van der Waals surface area contributed by atoms with Crippen LogP contribution in [0.3, 0.4) is 0 Å². The highest BCUT2D eigenvalue weighted by Gasteiger charge is 2.38. The highest BCUT2D eigenvalue weighted by atomic mass is 79.9. The molecular weight excluding hydrogens is 362 g/mol. The number of thioether (sulfide) groups is 1. The van der Waals surface area contributed by atoms with Crippen molar-refractivity contribution in [3.8, 4) is 0 Å². The summed E-state index contributed by atoms with van der Waals surface area (Å²) in [5.74, 6) is 0. The van der Waals surface area contributed by atoms with Crippen LogP contribution in [0.2, 0.25) is 0 Å². The number of halogens is 1. The molecule has 0 radical (unpaired) electrons. The second-order valence-electron chi connectivity index (χ2n) is 5.19. The van der Waals surface area contributed by atoms with Gasteiger partial charge >= 0.3 is 0 Å². The molecule has 2 aromatic rings. The van der Waals surface area contributed by atoms with Crippen molar-refractivity contribution in [2.24, 2.45) is 0 Å². The fraction of sp³-hybridized carbons (Fsp3) is 0.412. The van der Waals surface area contributed by atoms with Crippen molar-refractivity contribution in [3.05, 3.63) is 34.9 Å². The normalized spacial score (nSPS) is 15.6. The molecular formula is C17H20BrNO2S. The van der Waals surface area contributed by atoms with Crippen molar-refractivity contribution >= 4 is 44.9 Å². The smallest absolute Gasteiger partial charge is 0.136 e. The van der Waals surface area contributed by atoms with Gasteiger partial charge in [-0.15, -0.1) is 11.8 Å². The third-order valence-electron chi connectivity index (χ3n) is 3.68. The van der Waals surface area contributed by atoms with E-state index in [0.717, 1.165) is 52.4 Å². The molecule has 0 atom stereocenters. The monoisotopic (exact) mass is 381 g/mol. The van der Waals surface area contributed by atoms with Gasteiger partial charge in [-0.2, -0.15) is 0 Å². The summed E-state index contributed by atoms with van der Waals surface area (Å²) in [5.41, 5.74) is 0.976. The molecule has 3 rings (SSSR count). The summed E-state index contributed by atoms with van der Waals surface area (Å²) < 4.78 is 5.38. The second kappa shape index (κ2) is 8.09. The highest BCUT2D eigenvalue weighted by molar-refractivity contribution is 9.10. The number of aromatic nitrogens is 1. The molecule has 22 heavy (non-hydrogen) atoms. The zero-order valence-corrected chi connectivity index (χ0v) is 15.2. The lowest BCUT2D eigenvalue weighted by molar-refractivity contribution is -0.111. The van der Waals surface area contributed by atoms with Gasteiger partial charge in [0.1, 0.15) is 6.29 Å². The number of rotatable bonds is 4. The molecule has 0 bridgehead atoms. The van der Waals surface area contributed by atoms with Crippen molar-refractivity contribution in [2.45, 2.75) is 35.8 Å². The molecule has 0 unspecified atom stereocenters. The molecule has 118 valence electrons. The molecule has 1 aromatic heterocycles. The summed E-state index contributed by atoms with van der Waals surface area (Å²) in [6, 6.07) is 8.06. The van der Waals surface area contributed by atoms with Crippen LogP contribution in [0, 0.1) is 0 Å². The molecule has 0 amide bonds. The molecule has 1 heterocycles. The lowest BCUT2D eigenvalue weighted by Crippen LogP contribution is -2.34. The van der Waals surface area contributed by atoms with E-state index in [2.05, 4.69) is 31.7 Å². The van der Waals surface area contributed by atoms with Gasteiger partial charge in [0.2, 0.25) is 0 Å². The van der Waals surface area contributed by atoms with E-state index in [1.165, 1.54) is 0 Å². The molecule has 5 heteroatoms. The zero-order valence-electron chi connectivity index (χ0n) is 12.8. The molecule has 1 aliphatic rings. The minimum absolute atomic E-state index is 0.198. The van der Waals surface area contributed by atoms with Crippen molar-refractivity contribution in [2.75, 3.05) is 13.7 Å². The Morgan fingerprint density at radius 3 is 2.68 bits per heavy atom. The molecule has 3 nitrogen and oxygen atoms in total. The minimum Gasteiger partial charge on any atom is -0.385 e. The summed E-state index contributed by atoms with van der Waals surface area (Å²) in [5, 5.41) is 1.12. The summed E-state index contributed by atoms with van der Waals surface area (Å²) in [7, 11) is 1.68. The van der Waals surface area contributed by atoms with E-state index in [1.54, 1.807) is 18.9 Å². The Bertz CT molecular complexity index is 642. The van der Waals surface area contributed by atoms with E-state index >= 15 is 0 Å². The first-order chi connectivity index (χ1) is 10.6. The van der Waals surface area contributed by atoms with Crippen LogP contribution in [0.25, 0.3) is 10.9 Å². The average Bonchev–Trinajstić information content (AvgIpc) is 2.51. The number of ether oxygens (including phenoxy) is 1. The number of benzene rings is 1. The number of nitrogens with zero attached hydrogens (tertiary/aromatic N) is 1. The Morgan fingerprint density at radius 2 is 2.14 bits per heavy atom. The van der Waals surface area contributed by atoms with Crippen LogP contribution >= 0.6 is 27.7 Å². The summed E-state index contributed by atoms with van der Waals surface area (Å²) in [6.07, 6.45) is 6.05. The first-order valence-corrected chi connectivity index (χ1v) is 8.93. The molecule has 0 N–H and O–H groups in total. The Morgan fingerprint density at radius 1 is 1.41 bits per heavy atom. The maximum Gasteiger partial charge on any atom is 0.136 e. The fourth-order valence-corrected chi connectivity index (χ4v) is 3.91. The molecule has 1 aliphatic carbocycles. The predicted molar refractivity (Wildman–Crippen MR) is 95.5 cm³/mol. The van der Waals surface area contributed by atoms with Crippen LogP contribution in [0.4, 0.5) is 0 Å². The number of aldehydes is 1. The molecule has 0 saturated heterocycles. The van der Waals surface area contributed by atoms with Crippen molar-refractivity contribution < 1.29 is 9.53 Å². The second-order valence-corrected chi connectivity index (χ2v) is 7.56. The van der Waals surface area contributed by atoms with Crippen LogP contribution in [0.1, 0.15) is 26.2 Å². The van der Waals surface area contributed by atoms with Gasteiger partial charge in [-0.25, -0.2) is 0 Å². The van der Waals surface area contributed by atoms with Gasteiger partial charge < -0.3 is 9.53 Å². The molecule has 0 aliphatic heterocycles. The van der Waals surface area contributed by atoms with Crippen molar-refractivity contribution in [1.82, 2.24) is 4.98 Å². The number of hydrogen-bond donors (Lipinski definition) is 0. The first kappa shape index (κ1) is 17.4. The van der Waals surface area contributed by atoms with E-state index < -0.39 is 0 Å². The summed E-state index contributed by atoms with van der Waals surface area (Å²) in [4.78, 5) is 16.8. The largest absolute Gasteiger partial charge is 0.385 e. The van der Waals surface area contributed by atoms with Gasteiger partial charge in [-0.1, -0.05) is 15.9 Å².